The first-order valence-corrected chi connectivity index (χ1v) is 5.40. The highest BCUT2D eigenvalue weighted by atomic mass is 16.6. The van der Waals surface area contributed by atoms with Crippen molar-refractivity contribution < 1.29 is 9.53 Å². The lowest BCUT2D eigenvalue weighted by molar-refractivity contribution is 0.0875. The Labute approximate surface area is 95.3 Å². The van der Waals surface area contributed by atoms with Crippen molar-refractivity contribution in [2.45, 2.75) is 26.5 Å². The molecule has 0 saturated carbocycles. The Kier molecular flexibility index (Phi) is 2.95. The average Bonchev–Trinajstić information content (AvgIpc) is 2.27. The fourth-order valence-electron chi connectivity index (χ4n) is 1.64. The van der Waals surface area contributed by atoms with Crippen molar-refractivity contribution in [1.29, 1.82) is 0 Å². The molecule has 0 aromatic heterocycles. The van der Waals surface area contributed by atoms with Gasteiger partial charge in [0.2, 0.25) is 0 Å². The fourth-order valence-corrected chi connectivity index (χ4v) is 1.64. The Morgan fingerprint density at radius 1 is 1.38 bits per heavy atom. The number of carbonyl (C=O) groups excluding carboxylic acids is 1. The maximum absolute atomic E-state index is 11.7. The van der Waals surface area contributed by atoms with E-state index in [4.69, 9.17) is 4.74 Å². The van der Waals surface area contributed by atoms with Crippen LogP contribution < -0.4 is 0 Å². The molecule has 1 aromatic rings. The molecule has 0 fully saturated rings. The van der Waals surface area contributed by atoms with Crippen molar-refractivity contribution in [2.24, 2.45) is 0 Å². The van der Waals surface area contributed by atoms with E-state index in [0.717, 1.165) is 11.1 Å². The van der Waals surface area contributed by atoms with E-state index in [1.165, 1.54) is 0 Å². The molecule has 1 aliphatic heterocycles. The third kappa shape index (κ3) is 2.24. The summed E-state index contributed by atoms with van der Waals surface area (Å²) in [6.07, 6.45) is 3.33. The maximum atomic E-state index is 11.7. The van der Waals surface area contributed by atoms with Gasteiger partial charge >= 0.3 is 6.09 Å². The van der Waals surface area contributed by atoms with Crippen LogP contribution in [0.25, 0.3) is 6.08 Å². The van der Waals surface area contributed by atoms with Crippen LogP contribution in [0, 0.1) is 0 Å². The maximum Gasteiger partial charge on any atom is 0.414 e. The Hall–Kier alpha value is -1.77. The molecule has 1 aliphatic rings. The average molecular weight is 217 g/mol. The molecule has 1 aromatic carbocycles. The molecule has 2 rings (SSSR count). The van der Waals surface area contributed by atoms with Gasteiger partial charge in [0.25, 0.3) is 0 Å². The summed E-state index contributed by atoms with van der Waals surface area (Å²) in [5, 5.41) is 0. The van der Waals surface area contributed by atoms with Crippen molar-refractivity contribution in [3.63, 3.8) is 0 Å². The molecule has 0 bridgehead atoms. The first-order valence-electron chi connectivity index (χ1n) is 5.40. The Balaban J connectivity index is 2.11. The summed E-state index contributed by atoms with van der Waals surface area (Å²) in [5.74, 6) is 0. The van der Waals surface area contributed by atoms with Gasteiger partial charge in [-0.3, -0.25) is 4.90 Å². The molecular formula is C13H15NO2. The summed E-state index contributed by atoms with van der Waals surface area (Å²) in [6, 6.07) is 8.03. The van der Waals surface area contributed by atoms with E-state index >= 15 is 0 Å². The highest BCUT2D eigenvalue weighted by Crippen LogP contribution is 2.19. The predicted octanol–water partition coefficient (Wildman–Crippen LogP) is 3.02. The van der Waals surface area contributed by atoms with Crippen LogP contribution in [0.2, 0.25) is 0 Å². The molecule has 84 valence electrons. The molecule has 16 heavy (non-hydrogen) atoms. The molecule has 0 aliphatic carbocycles. The highest BCUT2D eigenvalue weighted by Gasteiger charge is 2.18. The minimum atomic E-state index is -0.291. The second-order valence-corrected chi connectivity index (χ2v) is 4.07. The normalized spacial score (nSPS) is 13.8. The van der Waals surface area contributed by atoms with Gasteiger partial charge in [-0.25, -0.2) is 4.79 Å². The van der Waals surface area contributed by atoms with Crippen LogP contribution in [-0.2, 0) is 11.3 Å². The van der Waals surface area contributed by atoms with Crippen LogP contribution in [0.4, 0.5) is 4.79 Å². The van der Waals surface area contributed by atoms with Gasteiger partial charge in [-0.15, -0.1) is 0 Å². The van der Waals surface area contributed by atoms with Crippen molar-refractivity contribution >= 4 is 12.2 Å². The zero-order valence-corrected chi connectivity index (χ0v) is 9.51. The van der Waals surface area contributed by atoms with Crippen molar-refractivity contribution in [1.82, 2.24) is 4.90 Å². The second-order valence-electron chi connectivity index (χ2n) is 4.07. The summed E-state index contributed by atoms with van der Waals surface area (Å²) in [6.45, 7) is 4.28. The number of rotatable bonds is 1. The van der Waals surface area contributed by atoms with E-state index in [-0.39, 0.29) is 12.2 Å². The lowest BCUT2D eigenvalue weighted by Gasteiger charge is -2.23. The molecule has 0 atom stereocenters. The predicted molar refractivity (Wildman–Crippen MR) is 62.6 cm³/mol. The van der Waals surface area contributed by atoms with Gasteiger partial charge in [-0.05, 0) is 31.1 Å². The number of benzene rings is 1. The van der Waals surface area contributed by atoms with Gasteiger partial charge in [0.05, 0.1) is 12.6 Å². The van der Waals surface area contributed by atoms with Gasteiger partial charge in [-0.2, -0.15) is 0 Å². The summed E-state index contributed by atoms with van der Waals surface area (Å²) < 4.78 is 5.14. The minimum absolute atomic E-state index is 0.0851. The van der Waals surface area contributed by atoms with Gasteiger partial charge in [0.1, 0.15) is 0 Å². The van der Waals surface area contributed by atoms with E-state index in [1.807, 2.05) is 44.2 Å². The molecule has 0 N–H and O–H groups in total. The molecule has 1 heterocycles. The zero-order valence-electron chi connectivity index (χ0n) is 9.51. The van der Waals surface area contributed by atoms with Gasteiger partial charge < -0.3 is 4.74 Å². The number of carbonyl (C=O) groups is 1. The Morgan fingerprint density at radius 2 is 2.12 bits per heavy atom. The summed E-state index contributed by atoms with van der Waals surface area (Å²) in [7, 11) is 0. The topological polar surface area (TPSA) is 29.5 Å². The van der Waals surface area contributed by atoms with E-state index in [0.29, 0.717) is 6.54 Å². The van der Waals surface area contributed by atoms with Crippen molar-refractivity contribution in [2.75, 3.05) is 0 Å². The van der Waals surface area contributed by atoms with Crippen LogP contribution in [0.5, 0.6) is 0 Å². The first-order chi connectivity index (χ1) is 7.66. The lowest BCUT2D eigenvalue weighted by Crippen LogP contribution is -2.29. The molecule has 3 heteroatoms. The van der Waals surface area contributed by atoms with Crippen LogP contribution >= 0.6 is 0 Å². The van der Waals surface area contributed by atoms with Crippen molar-refractivity contribution in [3.8, 4) is 0 Å². The SMILES string of the molecule is CC(C)OC(=O)N1C=Cc2ccccc2C1. The van der Waals surface area contributed by atoms with Crippen LogP contribution in [0.3, 0.4) is 0 Å². The number of hydrogen-bond donors (Lipinski definition) is 0. The van der Waals surface area contributed by atoms with E-state index in [2.05, 4.69) is 0 Å². The summed E-state index contributed by atoms with van der Waals surface area (Å²) in [5.41, 5.74) is 2.31. The van der Waals surface area contributed by atoms with E-state index < -0.39 is 0 Å². The summed E-state index contributed by atoms with van der Waals surface area (Å²) in [4.78, 5) is 13.3. The number of nitrogens with zero attached hydrogens (tertiary/aromatic N) is 1. The Morgan fingerprint density at radius 3 is 2.88 bits per heavy atom. The standard InChI is InChI=1S/C13H15NO2/c1-10(2)16-13(15)14-8-7-11-5-3-4-6-12(11)9-14/h3-8,10H,9H2,1-2H3. The second kappa shape index (κ2) is 4.39. The monoisotopic (exact) mass is 217 g/mol. The first kappa shape index (κ1) is 10.7. The molecular weight excluding hydrogens is 202 g/mol. The molecule has 0 radical (unpaired) electrons. The minimum Gasteiger partial charge on any atom is -0.446 e. The molecule has 0 saturated heterocycles. The van der Waals surface area contributed by atoms with Crippen molar-refractivity contribution in [3.05, 3.63) is 41.6 Å². The summed E-state index contributed by atoms with van der Waals surface area (Å²) >= 11 is 0. The molecule has 3 nitrogen and oxygen atoms in total. The van der Waals surface area contributed by atoms with E-state index in [9.17, 15) is 4.79 Å². The van der Waals surface area contributed by atoms with Gasteiger partial charge in [0, 0.05) is 6.20 Å². The van der Waals surface area contributed by atoms with Crippen LogP contribution in [0.15, 0.2) is 30.5 Å². The zero-order chi connectivity index (χ0) is 11.5. The van der Waals surface area contributed by atoms with Gasteiger partial charge in [0.15, 0.2) is 0 Å². The van der Waals surface area contributed by atoms with Crippen LogP contribution in [-0.4, -0.2) is 17.1 Å². The van der Waals surface area contributed by atoms with Crippen LogP contribution in [0.1, 0.15) is 25.0 Å². The lowest BCUT2D eigenvalue weighted by atomic mass is 10.1. The third-order valence-electron chi connectivity index (χ3n) is 2.40. The third-order valence-corrected chi connectivity index (χ3v) is 2.40. The number of hydrogen-bond acceptors (Lipinski definition) is 2. The molecule has 0 unspecified atom stereocenters. The Bertz CT molecular complexity index is 424. The van der Waals surface area contributed by atoms with E-state index in [1.54, 1.807) is 11.1 Å². The molecule has 1 amide bonds. The quantitative estimate of drug-likeness (QED) is 0.723. The highest BCUT2D eigenvalue weighted by molar-refractivity contribution is 5.72. The number of ether oxygens (including phenoxy) is 1. The fraction of sp³-hybridized carbons (Fsp3) is 0.308. The number of amides is 1. The largest absolute Gasteiger partial charge is 0.446 e. The smallest absolute Gasteiger partial charge is 0.414 e. The molecule has 0 spiro atoms. The van der Waals surface area contributed by atoms with Gasteiger partial charge in [-0.1, -0.05) is 24.3 Å². The number of fused-ring (bicyclic) bond motifs is 1.